The smallest absolute Gasteiger partial charge is 0.255 e. The maximum atomic E-state index is 13.0. The number of aliphatic hydroxyl groups excluding tert-OH is 1. The van der Waals surface area contributed by atoms with Crippen molar-refractivity contribution in [3.05, 3.63) is 34.9 Å². The topological polar surface area (TPSA) is 98.7 Å². The summed E-state index contributed by atoms with van der Waals surface area (Å²) in [7, 11) is 0. The van der Waals surface area contributed by atoms with Crippen LogP contribution in [0.2, 0.25) is 0 Å². The van der Waals surface area contributed by atoms with Crippen molar-refractivity contribution in [2.24, 2.45) is 11.8 Å². The number of nitrogens with one attached hydrogen (secondary N) is 2. The summed E-state index contributed by atoms with van der Waals surface area (Å²) in [5, 5.41) is 16.2. The van der Waals surface area contributed by atoms with Crippen LogP contribution < -0.4 is 10.6 Å². The van der Waals surface area contributed by atoms with E-state index in [9.17, 15) is 19.5 Å². The van der Waals surface area contributed by atoms with Gasteiger partial charge in [0.1, 0.15) is 6.04 Å². The molecule has 3 amide bonds. The molecule has 3 fully saturated rings. The second kappa shape index (κ2) is 10.2. The second-order valence-corrected chi connectivity index (χ2v) is 10.8. The highest BCUT2D eigenvalue weighted by molar-refractivity contribution is 6.05. The molecular weight excluding hydrogens is 430 g/mol. The van der Waals surface area contributed by atoms with Crippen molar-refractivity contribution in [2.75, 3.05) is 6.61 Å². The molecule has 0 aromatic heterocycles. The number of amides is 3. The number of piperidine rings is 1. The van der Waals surface area contributed by atoms with Gasteiger partial charge in [-0.1, -0.05) is 31.4 Å². The van der Waals surface area contributed by atoms with Crippen LogP contribution in [-0.4, -0.2) is 52.5 Å². The summed E-state index contributed by atoms with van der Waals surface area (Å²) in [5.41, 5.74) is 2.86. The molecule has 184 valence electrons. The summed E-state index contributed by atoms with van der Waals surface area (Å²) in [6.45, 7) is 0.675. The van der Waals surface area contributed by atoms with Gasteiger partial charge < -0.3 is 15.3 Å². The number of benzene rings is 1. The Kier molecular flexibility index (Phi) is 7.02. The molecule has 4 aliphatic rings. The molecular formula is C27H37N3O4. The van der Waals surface area contributed by atoms with Gasteiger partial charge >= 0.3 is 0 Å². The number of carbonyl (C=O) groups is 3. The molecule has 2 aliphatic heterocycles. The zero-order valence-electron chi connectivity index (χ0n) is 19.9. The third-order valence-corrected chi connectivity index (χ3v) is 8.49. The molecule has 2 unspecified atom stereocenters. The first-order valence-electron chi connectivity index (χ1n) is 13.1. The molecule has 0 spiro atoms. The molecule has 1 aromatic rings. The Hall–Kier alpha value is -2.25. The maximum absolute atomic E-state index is 13.0. The highest BCUT2D eigenvalue weighted by Gasteiger charge is 2.39. The average molecular weight is 468 g/mol. The number of rotatable bonds is 6. The van der Waals surface area contributed by atoms with E-state index < -0.39 is 6.04 Å². The van der Waals surface area contributed by atoms with E-state index in [1.807, 2.05) is 6.07 Å². The van der Waals surface area contributed by atoms with E-state index >= 15 is 0 Å². The molecule has 3 N–H and O–H groups in total. The number of nitrogens with zero attached hydrogens (tertiary/aromatic N) is 1. The molecule has 2 heterocycles. The molecule has 0 bridgehead atoms. The standard InChI is InChI=1S/C27H37N3O4/c31-16-18-7-9-23(28-21-4-2-1-3-5-21)19(14-18)12-17-6-8-22-20(13-17)15-30(27(22)34)24-10-11-25(32)29-26(24)33/h6,8,13,18-19,21,23-24,28,31H,1-5,7,9-12,14-16H2,(H,29,32,33)/t18?,19-,23-,24?/m0/s1. The lowest BCUT2D eigenvalue weighted by Gasteiger charge is -2.39. The minimum absolute atomic E-state index is 0.120. The molecule has 2 aliphatic carbocycles. The fourth-order valence-electron chi connectivity index (χ4n) is 6.60. The molecule has 2 saturated carbocycles. The van der Waals surface area contributed by atoms with Crippen LogP contribution in [0, 0.1) is 11.8 Å². The Morgan fingerprint density at radius 3 is 2.62 bits per heavy atom. The van der Waals surface area contributed by atoms with Gasteiger partial charge in [-0.05, 0) is 74.0 Å². The zero-order valence-corrected chi connectivity index (χ0v) is 19.9. The minimum Gasteiger partial charge on any atom is -0.396 e. The first-order valence-corrected chi connectivity index (χ1v) is 13.1. The van der Waals surface area contributed by atoms with Gasteiger partial charge in [-0.2, -0.15) is 0 Å². The molecule has 1 saturated heterocycles. The number of fused-ring (bicyclic) bond motifs is 1. The third kappa shape index (κ3) is 4.91. The Morgan fingerprint density at radius 2 is 1.85 bits per heavy atom. The monoisotopic (exact) mass is 467 g/mol. The Bertz CT molecular complexity index is 942. The summed E-state index contributed by atoms with van der Waals surface area (Å²) >= 11 is 0. The molecule has 1 aromatic carbocycles. The molecule has 7 nitrogen and oxygen atoms in total. The van der Waals surface area contributed by atoms with Gasteiger partial charge in [0, 0.05) is 37.2 Å². The highest BCUT2D eigenvalue weighted by Crippen LogP contribution is 2.34. The maximum Gasteiger partial charge on any atom is 0.255 e. The summed E-state index contributed by atoms with van der Waals surface area (Å²) < 4.78 is 0. The number of carbonyl (C=O) groups excluding carboxylic acids is 3. The van der Waals surface area contributed by atoms with Crippen LogP contribution >= 0.6 is 0 Å². The van der Waals surface area contributed by atoms with Crippen molar-refractivity contribution in [3.63, 3.8) is 0 Å². The van der Waals surface area contributed by atoms with Crippen molar-refractivity contribution < 1.29 is 19.5 Å². The van der Waals surface area contributed by atoms with Gasteiger partial charge in [0.25, 0.3) is 5.91 Å². The first kappa shape index (κ1) is 23.5. The van der Waals surface area contributed by atoms with Crippen LogP contribution in [0.3, 0.4) is 0 Å². The van der Waals surface area contributed by atoms with Crippen LogP contribution in [-0.2, 0) is 22.6 Å². The van der Waals surface area contributed by atoms with Crippen molar-refractivity contribution in [2.45, 2.75) is 95.3 Å². The van der Waals surface area contributed by atoms with Crippen molar-refractivity contribution >= 4 is 17.7 Å². The fourth-order valence-corrected chi connectivity index (χ4v) is 6.60. The quantitative estimate of drug-likeness (QED) is 0.559. The second-order valence-electron chi connectivity index (χ2n) is 10.8. The predicted octanol–water partition coefficient (Wildman–Crippen LogP) is 2.69. The van der Waals surface area contributed by atoms with Gasteiger partial charge in [0.15, 0.2) is 0 Å². The van der Waals surface area contributed by atoms with E-state index in [1.54, 1.807) is 4.90 Å². The van der Waals surface area contributed by atoms with E-state index in [0.29, 0.717) is 42.4 Å². The molecule has 0 radical (unpaired) electrons. The normalized spacial score (nSPS) is 30.4. The van der Waals surface area contributed by atoms with Crippen molar-refractivity contribution in [1.82, 2.24) is 15.5 Å². The van der Waals surface area contributed by atoms with E-state index in [2.05, 4.69) is 22.8 Å². The Morgan fingerprint density at radius 1 is 1.03 bits per heavy atom. The molecule has 4 atom stereocenters. The Labute approximate surface area is 201 Å². The lowest BCUT2D eigenvalue weighted by atomic mass is 9.75. The predicted molar refractivity (Wildman–Crippen MR) is 128 cm³/mol. The number of hydrogen-bond donors (Lipinski definition) is 3. The summed E-state index contributed by atoms with van der Waals surface area (Å²) in [4.78, 5) is 38.5. The van der Waals surface area contributed by atoms with E-state index in [1.165, 1.54) is 37.7 Å². The largest absolute Gasteiger partial charge is 0.396 e. The zero-order chi connectivity index (χ0) is 23.7. The third-order valence-electron chi connectivity index (χ3n) is 8.49. The number of imide groups is 1. The van der Waals surface area contributed by atoms with Crippen LogP contribution in [0.25, 0.3) is 0 Å². The van der Waals surface area contributed by atoms with Crippen molar-refractivity contribution in [1.29, 1.82) is 0 Å². The van der Waals surface area contributed by atoms with Gasteiger partial charge in [-0.25, -0.2) is 0 Å². The van der Waals surface area contributed by atoms with Gasteiger partial charge in [-0.15, -0.1) is 0 Å². The fraction of sp³-hybridized carbons (Fsp3) is 0.667. The summed E-state index contributed by atoms with van der Waals surface area (Å²) in [6, 6.07) is 6.63. The summed E-state index contributed by atoms with van der Waals surface area (Å²) in [5.74, 6) is 0.0813. The number of hydrogen-bond acceptors (Lipinski definition) is 5. The molecule has 5 rings (SSSR count). The van der Waals surface area contributed by atoms with Gasteiger partial charge in [-0.3, -0.25) is 19.7 Å². The number of aliphatic hydroxyl groups is 1. The van der Waals surface area contributed by atoms with E-state index in [4.69, 9.17) is 0 Å². The van der Waals surface area contributed by atoms with Crippen molar-refractivity contribution in [3.8, 4) is 0 Å². The summed E-state index contributed by atoms with van der Waals surface area (Å²) in [6.07, 6.45) is 11.3. The highest BCUT2D eigenvalue weighted by atomic mass is 16.3. The average Bonchev–Trinajstić information content (AvgIpc) is 3.16. The minimum atomic E-state index is -0.575. The SMILES string of the molecule is O=C1CCC(N2Cc3cc(C[C@H]4CC(CO)CC[C@@H]4NC4CCCCC4)ccc3C2=O)C(=O)N1. The molecule has 7 heteroatoms. The van der Waals surface area contributed by atoms with Crippen LogP contribution in [0.5, 0.6) is 0 Å². The van der Waals surface area contributed by atoms with Gasteiger partial charge in [0.05, 0.1) is 0 Å². The van der Waals surface area contributed by atoms with Gasteiger partial charge in [0.2, 0.25) is 11.8 Å². The van der Waals surface area contributed by atoms with Crippen LogP contribution in [0.1, 0.15) is 85.7 Å². The van der Waals surface area contributed by atoms with Crippen LogP contribution in [0.15, 0.2) is 18.2 Å². The molecule has 34 heavy (non-hydrogen) atoms. The first-order chi connectivity index (χ1) is 16.5. The Balaban J connectivity index is 1.28. The van der Waals surface area contributed by atoms with E-state index in [-0.39, 0.29) is 30.7 Å². The van der Waals surface area contributed by atoms with Crippen LogP contribution in [0.4, 0.5) is 0 Å². The lowest BCUT2D eigenvalue weighted by molar-refractivity contribution is -0.136. The lowest BCUT2D eigenvalue weighted by Crippen LogP contribution is -2.52. The van der Waals surface area contributed by atoms with E-state index in [0.717, 1.165) is 31.2 Å².